The lowest BCUT2D eigenvalue weighted by Gasteiger charge is -2.01. The molecular weight excluding hydrogens is 248 g/mol. The van der Waals surface area contributed by atoms with E-state index in [9.17, 15) is 4.79 Å². The predicted octanol–water partition coefficient (Wildman–Crippen LogP) is 2.98. The van der Waals surface area contributed by atoms with Gasteiger partial charge in [-0.1, -0.05) is 23.7 Å². The van der Waals surface area contributed by atoms with Crippen molar-refractivity contribution in [1.29, 1.82) is 0 Å². The number of aldehydes is 1. The van der Waals surface area contributed by atoms with Crippen LogP contribution in [-0.4, -0.2) is 15.8 Å². The van der Waals surface area contributed by atoms with Crippen LogP contribution in [-0.2, 0) is 19.9 Å². The van der Waals surface area contributed by atoms with Crippen LogP contribution < -0.4 is 0 Å². The third-order valence-electron chi connectivity index (χ3n) is 3.09. The zero-order valence-electron chi connectivity index (χ0n) is 10.5. The van der Waals surface area contributed by atoms with E-state index < -0.39 is 0 Å². The van der Waals surface area contributed by atoms with Gasteiger partial charge in [-0.25, -0.2) is 4.98 Å². The van der Waals surface area contributed by atoms with Crippen LogP contribution in [0.3, 0.4) is 0 Å². The normalized spacial score (nSPS) is 10.6. The zero-order valence-corrected chi connectivity index (χ0v) is 11.2. The number of rotatable bonds is 4. The van der Waals surface area contributed by atoms with E-state index in [0.717, 1.165) is 41.2 Å². The smallest absolute Gasteiger partial charge is 0.168 e. The van der Waals surface area contributed by atoms with Crippen LogP contribution in [0.4, 0.5) is 0 Å². The summed E-state index contributed by atoms with van der Waals surface area (Å²) >= 11 is 5.94. The molecule has 0 fully saturated rings. The molecule has 0 N–H and O–H groups in total. The molecule has 0 atom stereocenters. The number of hydrogen-bond donors (Lipinski definition) is 0. The lowest BCUT2D eigenvalue weighted by Crippen LogP contribution is -2.00. The van der Waals surface area contributed by atoms with Crippen molar-refractivity contribution in [2.75, 3.05) is 0 Å². The van der Waals surface area contributed by atoms with E-state index in [0.29, 0.717) is 5.69 Å². The first-order chi connectivity index (χ1) is 8.61. The fraction of sp³-hybridized carbons (Fsp3) is 0.286. The van der Waals surface area contributed by atoms with Gasteiger partial charge in [0.1, 0.15) is 11.5 Å². The Morgan fingerprint density at radius 3 is 2.83 bits per heavy atom. The van der Waals surface area contributed by atoms with Crippen molar-refractivity contribution in [3.8, 4) is 0 Å². The first-order valence-corrected chi connectivity index (χ1v) is 6.21. The van der Waals surface area contributed by atoms with Gasteiger partial charge >= 0.3 is 0 Å². The van der Waals surface area contributed by atoms with Gasteiger partial charge in [0.15, 0.2) is 6.29 Å². The number of hydrogen-bond acceptors (Lipinski definition) is 2. The molecule has 0 unspecified atom stereocenters. The van der Waals surface area contributed by atoms with Gasteiger partial charge in [-0.2, -0.15) is 0 Å². The summed E-state index contributed by atoms with van der Waals surface area (Å²) < 4.78 is 1.82. The number of benzene rings is 1. The highest BCUT2D eigenvalue weighted by Crippen LogP contribution is 2.15. The highest BCUT2D eigenvalue weighted by Gasteiger charge is 2.11. The maximum absolute atomic E-state index is 11.0. The second-order valence-corrected chi connectivity index (χ2v) is 4.73. The minimum Gasteiger partial charge on any atom is -0.329 e. The summed E-state index contributed by atoms with van der Waals surface area (Å²) in [5.74, 6) is 0.859. The van der Waals surface area contributed by atoms with Gasteiger partial charge < -0.3 is 4.57 Å². The van der Waals surface area contributed by atoms with E-state index in [2.05, 4.69) is 4.98 Å². The third-order valence-corrected chi connectivity index (χ3v) is 3.33. The van der Waals surface area contributed by atoms with Gasteiger partial charge in [-0.3, -0.25) is 4.79 Å². The Balaban J connectivity index is 2.15. The number of aromatic nitrogens is 2. The average Bonchev–Trinajstić information content (AvgIpc) is 2.62. The summed E-state index contributed by atoms with van der Waals surface area (Å²) in [6.45, 7) is 1.90. The number of nitrogens with zero attached hydrogens (tertiary/aromatic N) is 2. The largest absolute Gasteiger partial charge is 0.329 e. The maximum atomic E-state index is 11.0. The van der Waals surface area contributed by atoms with Gasteiger partial charge in [0.2, 0.25) is 0 Å². The second-order valence-electron chi connectivity index (χ2n) is 4.30. The van der Waals surface area contributed by atoms with Crippen LogP contribution in [0, 0.1) is 6.92 Å². The van der Waals surface area contributed by atoms with Crippen molar-refractivity contribution >= 4 is 17.9 Å². The van der Waals surface area contributed by atoms with E-state index in [4.69, 9.17) is 11.6 Å². The first kappa shape index (κ1) is 12.8. The Morgan fingerprint density at radius 2 is 2.17 bits per heavy atom. The first-order valence-electron chi connectivity index (χ1n) is 5.83. The number of imidazole rings is 1. The summed E-state index contributed by atoms with van der Waals surface area (Å²) in [5, 5.41) is 0.736. The van der Waals surface area contributed by atoms with E-state index in [1.807, 2.05) is 42.8 Å². The van der Waals surface area contributed by atoms with Crippen molar-refractivity contribution in [2.24, 2.45) is 7.05 Å². The lowest BCUT2D eigenvalue weighted by molar-refractivity contribution is 0.111. The van der Waals surface area contributed by atoms with Crippen LogP contribution in [0.5, 0.6) is 0 Å². The molecule has 2 aromatic rings. The second kappa shape index (κ2) is 5.36. The number of carbonyl (C=O) groups excluding carboxylic acids is 1. The Labute approximate surface area is 111 Å². The van der Waals surface area contributed by atoms with Crippen molar-refractivity contribution in [3.05, 3.63) is 52.1 Å². The predicted molar refractivity (Wildman–Crippen MR) is 72.2 cm³/mol. The fourth-order valence-electron chi connectivity index (χ4n) is 1.98. The third kappa shape index (κ3) is 2.62. The van der Waals surface area contributed by atoms with Gasteiger partial charge in [0, 0.05) is 12.1 Å². The van der Waals surface area contributed by atoms with Crippen molar-refractivity contribution in [3.63, 3.8) is 0 Å². The average molecular weight is 263 g/mol. The maximum Gasteiger partial charge on any atom is 0.168 e. The van der Waals surface area contributed by atoms with Crippen LogP contribution in [0.15, 0.2) is 24.3 Å². The monoisotopic (exact) mass is 262 g/mol. The molecule has 0 aliphatic heterocycles. The molecule has 1 heterocycles. The number of aryl methyl sites for hydroxylation is 3. The SMILES string of the molecule is Cc1nc(CCc2cccc(Cl)c2)c(C=O)n1C. The quantitative estimate of drug-likeness (QED) is 0.794. The minimum absolute atomic E-state index is 0.662. The highest BCUT2D eigenvalue weighted by molar-refractivity contribution is 6.30. The Bertz CT molecular complexity index is 575. The van der Waals surface area contributed by atoms with E-state index in [1.165, 1.54) is 0 Å². The molecule has 1 aromatic heterocycles. The number of carbonyl (C=O) groups is 1. The Hall–Kier alpha value is -1.61. The topological polar surface area (TPSA) is 34.9 Å². The van der Waals surface area contributed by atoms with Crippen LogP contribution in [0.2, 0.25) is 5.02 Å². The fourth-order valence-corrected chi connectivity index (χ4v) is 2.19. The zero-order chi connectivity index (χ0) is 13.1. The molecule has 0 saturated carbocycles. The summed E-state index contributed by atoms with van der Waals surface area (Å²) in [5.41, 5.74) is 2.67. The molecule has 1 aromatic carbocycles. The van der Waals surface area contributed by atoms with Gasteiger partial charge in [0.05, 0.1) is 5.69 Å². The molecule has 94 valence electrons. The molecule has 0 bridgehead atoms. The molecule has 0 spiro atoms. The van der Waals surface area contributed by atoms with Crippen molar-refractivity contribution < 1.29 is 4.79 Å². The molecule has 0 aliphatic carbocycles. The van der Waals surface area contributed by atoms with Crippen LogP contribution >= 0.6 is 11.6 Å². The van der Waals surface area contributed by atoms with Crippen LogP contribution in [0.1, 0.15) is 27.6 Å². The van der Waals surface area contributed by atoms with E-state index in [1.54, 1.807) is 0 Å². The molecule has 0 radical (unpaired) electrons. The molecule has 4 heteroatoms. The van der Waals surface area contributed by atoms with Crippen molar-refractivity contribution in [1.82, 2.24) is 9.55 Å². The summed E-state index contributed by atoms with van der Waals surface area (Å²) in [6.07, 6.45) is 2.45. The van der Waals surface area contributed by atoms with Gasteiger partial charge in [0.25, 0.3) is 0 Å². The molecule has 0 amide bonds. The highest BCUT2D eigenvalue weighted by atomic mass is 35.5. The Morgan fingerprint density at radius 1 is 1.39 bits per heavy atom. The van der Waals surface area contributed by atoms with E-state index >= 15 is 0 Å². The van der Waals surface area contributed by atoms with E-state index in [-0.39, 0.29) is 0 Å². The number of halogens is 1. The summed E-state index contributed by atoms with van der Waals surface area (Å²) in [6, 6.07) is 7.76. The molecule has 0 aliphatic rings. The standard InChI is InChI=1S/C14H15ClN2O/c1-10-16-13(14(9-18)17(10)2)7-6-11-4-3-5-12(15)8-11/h3-5,8-9H,6-7H2,1-2H3. The molecule has 18 heavy (non-hydrogen) atoms. The molecule has 2 rings (SSSR count). The summed E-state index contributed by atoms with van der Waals surface area (Å²) in [7, 11) is 1.86. The molecule has 3 nitrogen and oxygen atoms in total. The van der Waals surface area contributed by atoms with Crippen molar-refractivity contribution in [2.45, 2.75) is 19.8 Å². The van der Waals surface area contributed by atoms with Crippen LogP contribution in [0.25, 0.3) is 0 Å². The molecular formula is C14H15ClN2O. The minimum atomic E-state index is 0.662. The summed E-state index contributed by atoms with van der Waals surface area (Å²) in [4.78, 5) is 15.5. The lowest BCUT2D eigenvalue weighted by atomic mass is 10.1. The Kier molecular flexibility index (Phi) is 3.82. The molecule has 0 saturated heterocycles. The van der Waals surface area contributed by atoms with Gasteiger partial charge in [-0.05, 0) is 37.5 Å². The van der Waals surface area contributed by atoms with Gasteiger partial charge in [-0.15, -0.1) is 0 Å².